The predicted octanol–water partition coefficient (Wildman–Crippen LogP) is 2.19. The van der Waals surface area contributed by atoms with E-state index in [2.05, 4.69) is 15.5 Å². The third-order valence-electron chi connectivity index (χ3n) is 5.82. The third kappa shape index (κ3) is 4.44. The number of aromatic amines is 1. The first kappa shape index (κ1) is 23.5. The van der Waals surface area contributed by atoms with E-state index in [0.29, 0.717) is 67.8 Å². The van der Waals surface area contributed by atoms with E-state index in [1.165, 1.54) is 4.31 Å². The van der Waals surface area contributed by atoms with Crippen LogP contribution < -0.4 is 15.0 Å². The second-order valence-electron chi connectivity index (χ2n) is 8.18. The van der Waals surface area contributed by atoms with Crippen LogP contribution in [0.3, 0.4) is 0 Å². The van der Waals surface area contributed by atoms with Crippen LogP contribution in [-0.2, 0) is 14.8 Å². The van der Waals surface area contributed by atoms with E-state index >= 15 is 0 Å². The van der Waals surface area contributed by atoms with Crippen molar-refractivity contribution in [2.45, 2.75) is 44.7 Å². The molecule has 0 spiro atoms. The molecule has 0 aliphatic carbocycles. The van der Waals surface area contributed by atoms with Crippen LogP contribution in [0, 0.1) is 6.92 Å². The van der Waals surface area contributed by atoms with Crippen LogP contribution in [0.5, 0.6) is 5.75 Å². The first-order valence-corrected chi connectivity index (χ1v) is 12.8. The molecule has 1 aromatic heterocycles. The van der Waals surface area contributed by atoms with Gasteiger partial charge in [0.25, 0.3) is 5.91 Å². The molecule has 1 fully saturated rings. The molecule has 3 heterocycles. The molecule has 1 aromatic carbocycles. The van der Waals surface area contributed by atoms with Gasteiger partial charge in [-0.1, -0.05) is 13.8 Å². The van der Waals surface area contributed by atoms with Crippen LogP contribution in [-0.4, -0.2) is 68.3 Å². The molecular formula is C22H31N5O5S. The number of aromatic nitrogens is 2. The van der Waals surface area contributed by atoms with Crippen molar-refractivity contribution in [1.29, 1.82) is 0 Å². The molecule has 2 aromatic rings. The number of nitrogens with one attached hydrogen (secondary N) is 2. The molecule has 1 atom stereocenters. The van der Waals surface area contributed by atoms with E-state index in [4.69, 9.17) is 9.47 Å². The molecular weight excluding hydrogens is 446 g/mol. The number of amides is 1. The summed E-state index contributed by atoms with van der Waals surface area (Å²) < 4.78 is 39.4. The fourth-order valence-corrected chi connectivity index (χ4v) is 5.64. The Morgan fingerprint density at radius 3 is 2.67 bits per heavy atom. The fourth-order valence-electron chi connectivity index (χ4n) is 4.19. The van der Waals surface area contributed by atoms with Gasteiger partial charge in [-0.15, -0.1) is 0 Å². The van der Waals surface area contributed by atoms with Crippen LogP contribution in [0.25, 0.3) is 0 Å². The number of hydrogen-bond donors (Lipinski definition) is 2. The standard InChI is InChI=1S/C22H31N5O5S/c1-4-8-27-20(23-22(28)19-15(3)24-25-21(19)27)17-14-16(6-7-18(17)32-11-5-2)33(29,30)26-9-12-31-13-10-26/h6-7,14,20H,4-5,8-13H2,1-3H3,(H,23,28)(H,24,25). The van der Waals surface area contributed by atoms with Gasteiger partial charge in [0.2, 0.25) is 10.0 Å². The van der Waals surface area contributed by atoms with Crippen molar-refractivity contribution in [1.82, 2.24) is 19.8 Å². The highest BCUT2D eigenvalue weighted by molar-refractivity contribution is 7.89. The summed E-state index contributed by atoms with van der Waals surface area (Å²) in [5, 5.41) is 10.3. The molecule has 0 saturated carbocycles. The summed E-state index contributed by atoms with van der Waals surface area (Å²) in [4.78, 5) is 15.1. The van der Waals surface area contributed by atoms with E-state index in [9.17, 15) is 13.2 Å². The van der Waals surface area contributed by atoms with E-state index in [1.807, 2.05) is 18.7 Å². The molecule has 11 heteroatoms. The zero-order chi connectivity index (χ0) is 23.6. The van der Waals surface area contributed by atoms with Crippen molar-refractivity contribution in [3.8, 4) is 5.75 Å². The summed E-state index contributed by atoms with van der Waals surface area (Å²) in [7, 11) is -3.72. The number of morpholine rings is 1. The lowest BCUT2D eigenvalue weighted by Gasteiger charge is -2.37. The normalized spacial score (nSPS) is 19.3. The fraction of sp³-hybridized carbons (Fsp3) is 0.545. The summed E-state index contributed by atoms with van der Waals surface area (Å²) >= 11 is 0. The highest BCUT2D eigenvalue weighted by atomic mass is 32.2. The molecule has 180 valence electrons. The molecule has 2 aliphatic heterocycles. The maximum absolute atomic E-state index is 13.3. The number of hydrogen-bond acceptors (Lipinski definition) is 7. The Balaban J connectivity index is 1.80. The van der Waals surface area contributed by atoms with Gasteiger partial charge in [0.1, 0.15) is 17.5 Å². The second-order valence-corrected chi connectivity index (χ2v) is 10.1. The minimum absolute atomic E-state index is 0.165. The molecule has 1 saturated heterocycles. The van der Waals surface area contributed by atoms with Gasteiger partial charge in [0.15, 0.2) is 5.82 Å². The van der Waals surface area contributed by atoms with Crippen LogP contribution in [0.15, 0.2) is 23.1 Å². The monoisotopic (exact) mass is 477 g/mol. The molecule has 4 rings (SSSR count). The van der Waals surface area contributed by atoms with Crippen LogP contribution in [0.4, 0.5) is 5.82 Å². The largest absolute Gasteiger partial charge is 0.493 e. The number of nitrogens with zero attached hydrogens (tertiary/aromatic N) is 3. The highest BCUT2D eigenvalue weighted by Crippen LogP contribution is 2.38. The Morgan fingerprint density at radius 2 is 1.97 bits per heavy atom. The van der Waals surface area contributed by atoms with Gasteiger partial charge in [-0.05, 0) is 38.0 Å². The number of fused-ring (bicyclic) bond motifs is 1. The zero-order valence-electron chi connectivity index (χ0n) is 19.3. The van der Waals surface area contributed by atoms with E-state index in [-0.39, 0.29) is 10.8 Å². The lowest BCUT2D eigenvalue weighted by Crippen LogP contribution is -2.47. The SMILES string of the molecule is CCCOc1ccc(S(=O)(=O)N2CCOCC2)cc1C1NC(=O)c2c(n[nH]c2C)N1CCC. The van der Waals surface area contributed by atoms with Gasteiger partial charge in [-0.25, -0.2) is 8.42 Å². The summed E-state index contributed by atoms with van der Waals surface area (Å²) in [6.07, 6.45) is 1.000. The molecule has 1 unspecified atom stereocenters. The number of ether oxygens (including phenoxy) is 2. The van der Waals surface area contributed by atoms with Gasteiger partial charge < -0.3 is 19.7 Å². The summed E-state index contributed by atoms with van der Waals surface area (Å²) in [5.74, 6) is 0.849. The maximum atomic E-state index is 13.3. The average Bonchev–Trinajstić information content (AvgIpc) is 3.22. The highest BCUT2D eigenvalue weighted by Gasteiger charge is 2.37. The lowest BCUT2D eigenvalue weighted by molar-refractivity contribution is 0.0730. The van der Waals surface area contributed by atoms with Crippen molar-refractivity contribution in [3.05, 3.63) is 35.0 Å². The maximum Gasteiger partial charge on any atom is 0.258 e. The first-order chi connectivity index (χ1) is 15.9. The lowest BCUT2D eigenvalue weighted by atomic mass is 10.0. The molecule has 1 amide bonds. The van der Waals surface area contributed by atoms with Crippen LogP contribution in [0.2, 0.25) is 0 Å². The quantitative estimate of drug-likeness (QED) is 0.598. The summed E-state index contributed by atoms with van der Waals surface area (Å²) in [5.41, 5.74) is 1.78. The van der Waals surface area contributed by atoms with Crippen molar-refractivity contribution in [3.63, 3.8) is 0 Å². The Kier molecular flexibility index (Phi) is 6.91. The number of sulfonamides is 1. The van der Waals surface area contributed by atoms with Gasteiger partial charge in [-0.3, -0.25) is 9.89 Å². The predicted molar refractivity (Wildman–Crippen MR) is 123 cm³/mol. The molecule has 10 nitrogen and oxygen atoms in total. The van der Waals surface area contributed by atoms with E-state index in [1.54, 1.807) is 25.1 Å². The van der Waals surface area contributed by atoms with Crippen molar-refractivity contribution in [2.75, 3.05) is 44.4 Å². The number of rotatable bonds is 8. The topological polar surface area (TPSA) is 117 Å². The second kappa shape index (κ2) is 9.70. The van der Waals surface area contributed by atoms with Gasteiger partial charge in [0, 0.05) is 30.9 Å². The number of carbonyl (C=O) groups is 1. The van der Waals surface area contributed by atoms with Gasteiger partial charge >= 0.3 is 0 Å². The van der Waals surface area contributed by atoms with Gasteiger partial charge in [0.05, 0.1) is 24.7 Å². The van der Waals surface area contributed by atoms with Gasteiger partial charge in [-0.2, -0.15) is 9.40 Å². The van der Waals surface area contributed by atoms with Crippen molar-refractivity contribution >= 4 is 21.7 Å². The Hall–Kier alpha value is -2.63. The molecule has 0 radical (unpaired) electrons. The average molecular weight is 478 g/mol. The van der Waals surface area contributed by atoms with Crippen LogP contribution in [0.1, 0.15) is 54.5 Å². The minimum Gasteiger partial charge on any atom is -0.493 e. The first-order valence-electron chi connectivity index (χ1n) is 11.4. The summed E-state index contributed by atoms with van der Waals surface area (Å²) in [6.45, 7) is 8.30. The van der Waals surface area contributed by atoms with E-state index in [0.717, 1.165) is 12.8 Å². The zero-order valence-corrected chi connectivity index (χ0v) is 20.1. The molecule has 2 N–H and O–H groups in total. The summed E-state index contributed by atoms with van der Waals surface area (Å²) in [6, 6.07) is 4.87. The van der Waals surface area contributed by atoms with E-state index < -0.39 is 16.2 Å². The molecule has 33 heavy (non-hydrogen) atoms. The number of anilines is 1. The number of benzene rings is 1. The minimum atomic E-state index is -3.72. The molecule has 0 bridgehead atoms. The number of aryl methyl sites for hydroxylation is 1. The third-order valence-corrected chi connectivity index (χ3v) is 7.71. The Bertz CT molecular complexity index is 1110. The Morgan fingerprint density at radius 1 is 1.21 bits per heavy atom. The number of H-pyrrole nitrogens is 1. The smallest absolute Gasteiger partial charge is 0.258 e. The molecule has 2 aliphatic rings. The van der Waals surface area contributed by atoms with Crippen molar-refractivity contribution in [2.24, 2.45) is 0 Å². The Labute approximate surface area is 194 Å². The number of carbonyl (C=O) groups excluding carboxylic acids is 1. The van der Waals surface area contributed by atoms with Crippen LogP contribution >= 0.6 is 0 Å². The van der Waals surface area contributed by atoms with Crippen molar-refractivity contribution < 1.29 is 22.7 Å².